The van der Waals surface area contributed by atoms with E-state index in [4.69, 9.17) is 5.73 Å². The minimum absolute atomic E-state index is 0.158. The number of guanidine groups is 1. The summed E-state index contributed by atoms with van der Waals surface area (Å²) in [6.45, 7) is 9.37. The minimum atomic E-state index is -0.158. The van der Waals surface area contributed by atoms with Gasteiger partial charge in [0, 0.05) is 39.3 Å². The van der Waals surface area contributed by atoms with Crippen molar-refractivity contribution in [1.29, 1.82) is 0 Å². The van der Waals surface area contributed by atoms with Crippen molar-refractivity contribution in [1.82, 2.24) is 9.80 Å². The van der Waals surface area contributed by atoms with Gasteiger partial charge in [0.25, 0.3) is 0 Å². The fourth-order valence-electron chi connectivity index (χ4n) is 3.61. The summed E-state index contributed by atoms with van der Waals surface area (Å²) in [4.78, 5) is 11.1. The Balaban J connectivity index is 1.60. The zero-order chi connectivity index (χ0) is 17.6. The van der Waals surface area contributed by atoms with Gasteiger partial charge in [0.1, 0.15) is 5.82 Å². The number of hydrogen-bond acceptors (Lipinski definition) is 3. The molecule has 138 valence electrons. The Morgan fingerprint density at radius 1 is 1.08 bits per heavy atom. The third-order valence-corrected chi connectivity index (χ3v) is 5.28. The molecule has 0 saturated carbocycles. The number of aliphatic imine (C=N–C) groups is 1. The number of hydrogen-bond donors (Lipinski definition) is 1. The minimum Gasteiger partial charge on any atom is -0.370 e. The highest BCUT2D eigenvalue weighted by atomic mass is 19.1. The lowest BCUT2D eigenvalue weighted by atomic mass is 10.1. The molecule has 0 aromatic heterocycles. The summed E-state index contributed by atoms with van der Waals surface area (Å²) in [6.07, 6.45) is 3.61. The Morgan fingerprint density at radius 3 is 2.44 bits per heavy atom. The number of piperidine rings is 1. The molecular weight excluding hydrogens is 317 g/mol. The predicted octanol–water partition coefficient (Wildman–Crippen LogP) is 2.27. The van der Waals surface area contributed by atoms with E-state index in [1.165, 1.54) is 19.3 Å². The molecule has 0 atom stereocenters. The van der Waals surface area contributed by atoms with E-state index in [2.05, 4.69) is 26.6 Å². The molecular formula is C19H30FN5. The van der Waals surface area contributed by atoms with Crippen LogP contribution in [0.25, 0.3) is 0 Å². The molecule has 0 bridgehead atoms. The van der Waals surface area contributed by atoms with Gasteiger partial charge in [0.05, 0.1) is 12.2 Å². The quantitative estimate of drug-likeness (QED) is 0.670. The smallest absolute Gasteiger partial charge is 0.191 e. The molecule has 2 saturated heterocycles. The van der Waals surface area contributed by atoms with Gasteiger partial charge in [-0.15, -0.1) is 0 Å². The molecule has 5 nitrogen and oxygen atoms in total. The van der Waals surface area contributed by atoms with E-state index in [-0.39, 0.29) is 5.82 Å². The molecule has 3 rings (SSSR count). The molecule has 2 fully saturated rings. The Labute approximate surface area is 150 Å². The van der Waals surface area contributed by atoms with Gasteiger partial charge in [0.2, 0.25) is 0 Å². The highest BCUT2D eigenvalue weighted by Crippen LogP contribution is 2.22. The zero-order valence-electron chi connectivity index (χ0n) is 15.3. The average molecular weight is 347 g/mol. The van der Waals surface area contributed by atoms with Gasteiger partial charge in [-0.1, -0.05) is 13.0 Å². The average Bonchev–Trinajstić information content (AvgIpc) is 2.67. The molecule has 2 heterocycles. The number of halogens is 1. The summed E-state index contributed by atoms with van der Waals surface area (Å²) < 4.78 is 14.5. The maximum absolute atomic E-state index is 14.5. The molecule has 2 N–H and O–H groups in total. The van der Waals surface area contributed by atoms with E-state index in [0.717, 1.165) is 51.4 Å². The lowest BCUT2D eigenvalue weighted by Crippen LogP contribution is -2.46. The summed E-state index contributed by atoms with van der Waals surface area (Å²) in [6, 6.07) is 5.46. The molecule has 1 aromatic rings. The summed E-state index contributed by atoms with van der Waals surface area (Å²) in [5, 5.41) is 0. The molecule has 1 aromatic carbocycles. The number of nitrogens with zero attached hydrogens (tertiary/aromatic N) is 4. The van der Waals surface area contributed by atoms with Crippen LogP contribution >= 0.6 is 0 Å². The topological polar surface area (TPSA) is 48.1 Å². The highest BCUT2D eigenvalue weighted by Gasteiger charge is 2.18. The van der Waals surface area contributed by atoms with Crippen molar-refractivity contribution in [2.75, 3.05) is 50.7 Å². The zero-order valence-corrected chi connectivity index (χ0v) is 15.3. The predicted molar refractivity (Wildman–Crippen MR) is 101 cm³/mol. The van der Waals surface area contributed by atoms with Gasteiger partial charge in [-0.25, -0.2) is 9.38 Å². The van der Waals surface area contributed by atoms with Gasteiger partial charge in [-0.05, 0) is 43.5 Å². The van der Waals surface area contributed by atoms with Crippen LogP contribution < -0.4 is 10.6 Å². The first-order valence-corrected chi connectivity index (χ1v) is 9.48. The van der Waals surface area contributed by atoms with Gasteiger partial charge in [-0.3, -0.25) is 0 Å². The number of likely N-dealkylation sites (tertiary alicyclic amines) is 1. The lowest BCUT2D eigenvalue weighted by Gasteiger charge is -2.35. The second-order valence-electron chi connectivity index (χ2n) is 6.93. The van der Waals surface area contributed by atoms with E-state index in [9.17, 15) is 4.39 Å². The van der Waals surface area contributed by atoms with Gasteiger partial charge in [-0.2, -0.15) is 0 Å². The molecule has 0 unspecified atom stereocenters. The van der Waals surface area contributed by atoms with Crippen molar-refractivity contribution in [3.05, 3.63) is 29.6 Å². The van der Waals surface area contributed by atoms with Crippen molar-refractivity contribution in [3.8, 4) is 0 Å². The Kier molecular flexibility index (Phi) is 6.13. The van der Waals surface area contributed by atoms with E-state index in [1.807, 2.05) is 12.1 Å². The molecule has 2 aliphatic heterocycles. The van der Waals surface area contributed by atoms with Crippen molar-refractivity contribution < 1.29 is 4.39 Å². The van der Waals surface area contributed by atoms with Crippen molar-refractivity contribution >= 4 is 11.6 Å². The van der Waals surface area contributed by atoms with E-state index in [0.29, 0.717) is 18.2 Å². The van der Waals surface area contributed by atoms with Crippen LogP contribution in [0.1, 0.15) is 31.7 Å². The monoisotopic (exact) mass is 347 g/mol. The third-order valence-electron chi connectivity index (χ3n) is 5.28. The van der Waals surface area contributed by atoms with Crippen molar-refractivity contribution in [3.63, 3.8) is 0 Å². The number of piperazine rings is 1. The maximum Gasteiger partial charge on any atom is 0.191 e. The molecule has 0 amide bonds. The Morgan fingerprint density at radius 2 is 1.80 bits per heavy atom. The van der Waals surface area contributed by atoms with E-state index in [1.54, 1.807) is 6.07 Å². The van der Waals surface area contributed by atoms with Crippen LogP contribution in [0, 0.1) is 5.82 Å². The number of nitrogens with two attached hydrogens (primary N) is 1. The van der Waals surface area contributed by atoms with E-state index >= 15 is 0 Å². The van der Waals surface area contributed by atoms with Crippen LogP contribution in [-0.4, -0.2) is 61.6 Å². The van der Waals surface area contributed by atoms with Crippen LogP contribution in [0.2, 0.25) is 0 Å². The molecule has 25 heavy (non-hydrogen) atoms. The van der Waals surface area contributed by atoms with Gasteiger partial charge in [0.15, 0.2) is 5.96 Å². The first-order valence-electron chi connectivity index (χ1n) is 9.48. The second kappa shape index (κ2) is 8.52. The summed E-state index contributed by atoms with van der Waals surface area (Å²) in [5.74, 6) is 0.425. The first kappa shape index (κ1) is 18.0. The fourth-order valence-corrected chi connectivity index (χ4v) is 3.61. The fraction of sp³-hybridized carbons (Fsp3) is 0.632. The number of benzene rings is 1. The SMILES string of the molecule is CCN1CCN(c2ccc(CN=C(N)N3CCCCC3)cc2F)CC1. The van der Waals surface area contributed by atoms with Crippen LogP contribution in [0.5, 0.6) is 0 Å². The van der Waals surface area contributed by atoms with Crippen LogP contribution in [0.15, 0.2) is 23.2 Å². The molecule has 6 heteroatoms. The van der Waals surface area contributed by atoms with Gasteiger partial charge >= 0.3 is 0 Å². The highest BCUT2D eigenvalue weighted by molar-refractivity contribution is 5.78. The molecule has 0 radical (unpaired) electrons. The normalized spacial score (nSPS) is 20.2. The number of likely N-dealkylation sites (N-methyl/N-ethyl adjacent to an activating group) is 1. The Hall–Kier alpha value is -1.82. The molecule has 0 aliphatic carbocycles. The number of rotatable bonds is 4. The van der Waals surface area contributed by atoms with Crippen molar-refractivity contribution in [2.24, 2.45) is 10.7 Å². The standard InChI is InChI=1S/C19H30FN5/c1-2-23-10-12-24(13-11-23)18-7-6-16(14-17(18)20)15-22-19(21)25-8-4-3-5-9-25/h6-7,14H,2-5,8-13,15H2,1H3,(H2,21,22). The first-order chi connectivity index (χ1) is 12.2. The second-order valence-corrected chi connectivity index (χ2v) is 6.93. The maximum atomic E-state index is 14.5. The lowest BCUT2D eigenvalue weighted by molar-refractivity contribution is 0.270. The summed E-state index contributed by atoms with van der Waals surface area (Å²) in [5.41, 5.74) is 7.65. The largest absolute Gasteiger partial charge is 0.370 e. The number of anilines is 1. The van der Waals surface area contributed by atoms with Crippen molar-refractivity contribution in [2.45, 2.75) is 32.7 Å². The molecule has 0 spiro atoms. The van der Waals surface area contributed by atoms with Gasteiger partial charge < -0.3 is 20.4 Å². The summed E-state index contributed by atoms with van der Waals surface area (Å²) in [7, 11) is 0. The van der Waals surface area contributed by atoms with Crippen LogP contribution in [0.4, 0.5) is 10.1 Å². The van der Waals surface area contributed by atoms with E-state index < -0.39 is 0 Å². The van der Waals surface area contributed by atoms with Crippen LogP contribution in [-0.2, 0) is 6.54 Å². The van der Waals surface area contributed by atoms with Crippen LogP contribution in [0.3, 0.4) is 0 Å². The third kappa shape index (κ3) is 4.63. The summed E-state index contributed by atoms with van der Waals surface area (Å²) >= 11 is 0. The Bertz CT molecular complexity index is 589. The molecule has 2 aliphatic rings.